The van der Waals surface area contributed by atoms with Crippen LogP contribution >= 0.6 is 0 Å². The number of hydrogen-bond donors (Lipinski definition) is 1. The van der Waals surface area contributed by atoms with E-state index < -0.39 is 30.5 Å². The van der Waals surface area contributed by atoms with Gasteiger partial charge < -0.3 is 14.8 Å². The van der Waals surface area contributed by atoms with Gasteiger partial charge in [-0.2, -0.15) is 0 Å². The van der Waals surface area contributed by atoms with Gasteiger partial charge in [0.1, 0.15) is 6.04 Å². The zero-order valence-electron chi connectivity index (χ0n) is 19.5. The first-order chi connectivity index (χ1) is 16.3. The number of hydrogen-bond acceptors (Lipinski definition) is 7. The van der Waals surface area contributed by atoms with E-state index >= 15 is 0 Å². The minimum Gasteiger partial charge on any atom is -0.462 e. The molecule has 9 heteroatoms. The van der Waals surface area contributed by atoms with Gasteiger partial charge in [-0.25, -0.2) is 9.59 Å². The number of imide groups is 1. The van der Waals surface area contributed by atoms with E-state index in [4.69, 9.17) is 9.47 Å². The van der Waals surface area contributed by atoms with Crippen LogP contribution in [-0.2, 0) is 28.7 Å². The summed E-state index contributed by atoms with van der Waals surface area (Å²) in [5.74, 6) is -2.54. The molecule has 34 heavy (non-hydrogen) atoms. The van der Waals surface area contributed by atoms with Crippen LogP contribution in [0.1, 0.15) is 56.3 Å². The number of carbonyl (C=O) groups excluding carboxylic acids is 5. The van der Waals surface area contributed by atoms with Crippen molar-refractivity contribution in [2.45, 2.75) is 52.0 Å². The third-order valence-electron chi connectivity index (χ3n) is 7.17. The second kappa shape index (κ2) is 9.95. The summed E-state index contributed by atoms with van der Waals surface area (Å²) in [6.45, 7) is 3.26. The lowest BCUT2D eigenvalue weighted by Gasteiger charge is -2.23. The number of carbonyl (C=O) groups is 5. The van der Waals surface area contributed by atoms with Crippen molar-refractivity contribution in [2.75, 3.05) is 18.5 Å². The highest BCUT2D eigenvalue weighted by Crippen LogP contribution is 2.56. The maximum absolute atomic E-state index is 12.8. The van der Waals surface area contributed by atoms with E-state index in [1.165, 1.54) is 19.1 Å². The lowest BCUT2D eigenvalue weighted by molar-refractivity contribution is -0.159. The van der Waals surface area contributed by atoms with Crippen LogP contribution in [-0.4, -0.2) is 53.8 Å². The van der Waals surface area contributed by atoms with Crippen molar-refractivity contribution >= 4 is 35.3 Å². The highest BCUT2D eigenvalue weighted by atomic mass is 16.5. The van der Waals surface area contributed by atoms with Crippen LogP contribution in [0.4, 0.5) is 5.69 Å². The molecule has 1 aromatic carbocycles. The Morgan fingerprint density at radius 2 is 1.65 bits per heavy atom. The largest absolute Gasteiger partial charge is 0.462 e. The normalized spacial score (nSPS) is 25.8. The number of nitrogens with one attached hydrogen (secondary N) is 1. The van der Waals surface area contributed by atoms with E-state index in [9.17, 15) is 24.0 Å². The van der Waals surface area contributed by atoms with E-state index in [1.54, 1.807) is 12.1 Å². The Kier molecular flexibility index (Phi) is 7.00. The van der Waals surface area contributed by atoms with Crippen LogP contribution in [0.15, 0.2) is 24.3 Å². The van der Waals surface area contributed by atoms with Gasteiger partial charge in [0.05, 0.1) is 24.0 Å². The summed E-state index contributed by atoms with van der Waals surface area (Å²) in [7, 11) is 0. The Labute approximate surface area is 198 Å². The summed E-state index contributed by atoms with van der Waals surface area (Å²) in [5, 5.41) is 2.58. The molecule has 0 radical (unpaired) electrons. The SMILES string of the molecule is CCCCOC(=O)c1ccc(NC(=O)COC(=O)[C@@H](C)N2C(=O)[C@@H]3[C@H]4CC[C@@H](C4)[C@@H]3C2=O)cc1. The van der Waals surface area contributed by atoms with Crippen molar-refractivity contribution in [2.24, 2.45) is 23.7 Å². The third-order valence-corrected chi connectivity index (χ3v) is 7.17. The van der Waals surface area contributed by atoms with Gasteiger partial charge in [0.25, 0.3) is 5.91 Å². The van der Waals surface area contributed by atoms with Gasteiger partial charge in [0.2, 0.25) is 11.8 Å². The fourth-order valence-electron chi connectivity index (χ4n) is 5.46. The molecule has 182 valence electrons. The molecule has 9 nitrogen and oxygen atoms in total. The molecule has 2 aliphatic carbocycles. The summed E-state index contributed by atoms with van der Waals surface area (Å²) in [4.78, 5) is 63.4. The number of ether oxygens (including phenoxy) is 2. The highest BCUT2D eigenvalue weighted by molar-refractivity contribution is 6.08. The smallest absolute Gasteiger partial charge is 0.338 e. The molecule has 4 rings (SSSR count). The van der Waals surface area contributed by atoms with Crippen molar-refractivity contribution in [3.63, 3.8) is 0 Å². The van der Waals surface area contributed by atoms with Crippen LogP contribution in [0.2, 0.25) is 0 Å². The molecule has 1 heterocycles. The number of unbranched alkanes of at least 4 members (excludes halogenated alkanes) is 1. The lowest BCUT2D eigenvalue weighted by Crippen LogP contribution is -2.45. The first-order valence-electron chi connectivity index (χ1n) is 11.9. The Bertz CT molecular complexity index is 961. The second-order valence-corrected chi connectivity index (χ2v) is 9.33. The summed E-state index contributed by atoms with van der Waals surface area (Å²) in [6, 6.07) is 5.09. The molecule has 5 atom stereocenters. The fourth-order valence-corrected chi connectivity index (χ4v) is 5.46. The molecule has 0 unspecified atom stereocenters. The first-order valence-corrected chi connectivity index (χ1v) is 11.9. The van der Waals surface area contributed by atoms with E-state index in [-0.39, 0.29) is 35.5 Å². The monoisotopic (exact) mass is 470 g/mol. The Balaban J connectivity index is 1.25. The van der Waals surface area contributed by atoms with Gasteiger partial charge >= 0.3 is 11.9 Å². The van der Waals surface area contributed by atoms with Crippen LogP contribution in [0.3, 0.4) is 0 Å². The Hall–Kier alpha value is -3.23. The minimum atomic E-state index is -1.07. The Morgan fingerprint density at radius 3 is 2.24 bits per heavy atom. The predicted molar refractivity (Wildman–Crippen MR) is 120 cm³/mol. The standard InChI is InChI=1S/C25H30N2O7/c1-3-4-11-33-25(32)15-7-9-18(10-8-15)26-19(28)13-34-24(31)14(2)27-22(29)20-16-5-6-17(12-16)21(20)23(27)30/h7-10,14,16-17,20-21H,3-6,11-13H2,1-2H3,(H,26,28)/t14-,16+,17+,20-,21+/m1/s1. The molecule has 3 amide bonds. The number of anilines is 1. The van der Waals surface area contributed by atoms with E-state index in [2.05, 4.69) is 5.32 Å². The number of benzene rings is 1. The number of nitrogens with zero attached hydrogens (tertiary/aromatic N) is 1. The van der Waals surface area contributed by atoms with Gasteiger partial charge in [-0.15, -0.1) is 0 Å². The van der Waals surface area contributed by atoms with Crippen LogP contribution in [0.25, 0.3) is 0 Å². The Morgan fingerprint density at radius 1 is 1.03 bits per heavy atom. The lowest BCUT2D eigenvalue weighted by atomic mass is 9.81. The topological polar surface area (TPSA) is 119 Å². The number of esters is 2. The summed E-state index contributed by atoms with van der Waals surface area (Å²) in [6.07, 6.45) is 4.55. The second-order valence-electron chi connectivity index (χ2n) is 9.33. The summed E-state index contributed by atoms with van der Waals surface area (Å²) >= 11 is 0. The average Bonchev–Trinajstić information content (AvgIpc) is 3.51. The molecule has 0 aromatic heterocycles. The number of likely N-dealkylation sites (tertiary alicyclic amines) is 1. The summed E-state index contributed by atoms with van der Waals surface area (Å²) in [5.41, 5.74) is 0.792. The molecule has 2 bridgehead atoms. The minimum absolute atomic E-state index is 0.232. The molecule has 3 aliphatic rings. The van der Waals surface area contributed by atoms with Gasteiger partial charge in [-0.3, -0.25) is 19.3 Å². The zero-order chi connectivity index (χ0) is 24.4. The predicted octanol–water partition coefficient (Wildman–Crippen LogP) is 2.54. The van der Waals surface area contributed by atoms with Crippen molar-refractivity contribution in [1.82, 2.24) is 4.90 Å². The van der Waals surface area contributed by atoms with Crippen molar-refractivity contribution in [1.29, 1.82) is 0 Å². The molecule has 1 saturated heterocycles. The molecule has 0 spiro atoms. The third kappa shape index (κ3) is 4.56. The van der Waals surface area contributed by atoms with E-state index in [0.717, 1.165) is 37.0 Å². The summed E-state index contributed by atoms with van der Waals surface area (Å²) < 4.78 is 10.2. The molecular formula is C25H30N2O7. The van der Waals surface area contributed by atoms with E-state index in [0.29, 0.717) is 17.9 Å². The maximum Gasteiger partial charge on any atom is 0.338 e. The van der Waals surface area contributed by atoms with Gasteiger partial charge in [0, 0.05) is 5.69 Å². The molecule has 1 N–H and O–H groups in total. The van der Waals surface area contributed by atoms with Gasteiger partial charge in [-0.1, -0.05) is 13.3 Å². The molecule has 1 aliphatic heterocycles. The quantitative estimate of drug-likeness (QED) is 0.335. The number of amides is 3. The zero-order valence-corrected chi connectivity index (χ0v) is 19.5. The van der Waals surface area contributed by atoms with Crippen LogP contribution < -0.4 is 5.32 Å². The average molecular weight is 471 g/mol. The first kappa shape index (κ1) is 23.9. The highest BCUT2D eigenvalue weighted by Gasteiger charge is 2.62. The van der Waals surface area contributed by atoms with Crippen LogP contribution in [0.5, 0.6) is 0 Å². The van der Waals surface area contributed by atoms with Crippen LogP contribution in [0, 0.1) is 23.7 Å². The number of fused-ring (bicyclic) bond motifs is 5. The number of rotatable bonds is 9. The van der Waals surface area contributed by atoms with Crippen molar-refractivity contribution in [3.8, 4) is 0 Å². The van der Waals surface area contributed by atoms with Crippen molar-refractivity contribution in [3.05, 3.63) is 29.8 Å². The maximum atomic E-state index is 12.8. The van der Waals surface area contributed by atoms with E-state index in [1.807, 2.05) is 6.92 Å². The molecule has 3 fully saturated rings. The van der Waals surface area contributed by atoms with Gasteiger partial charge in [-0.05, 0) is 68.7 Å². The molecule has 1 aromatic rings. The van der Waals surface area contributed by atoms with Crippen molar-refractivity contribution < 1.29 is 33.4 Å². The van der Waals surface area contributed by atoms with Gasteiger partial charge in [0.15, 0.2) is 6.61 Å². The fraction of sp³-hybridized carbons (Fsp3) is 0.560. The molecular weight excluding hydrogens is 440 g/mol. The molecule has 2 saturated carbocycles.